The lowest BCUT2D eigenvalue weighted by Gasteiger charge is -2.21. The van der Waals surface area contributed by atoms with Gasteiger partial charge in [-0.3, -0.25) is 9.97 Å². The highest BCUT2D eigenvalue weighted by Crippen LogP contribution is 2.39. The molecule has 2 heterocycles. The van der Waals surface area contributed by atoms with Crippen LogP contribution in [-0.2, 0) is 6.42 Å². The van der Waals surface area contributed by atoms with Crippen LogP contribution in [0, 0.1) is 5.82 Å². The van der Waals surface area contributed by atoms with Crippen LogP contribution >= 0.6 is 11.6 Å². The normalized spacial score (nSPS) is 12.2. The predicted molar refractivity (Wildman–Crippen MR) is 105 cm³/mol. The first-order chi connectivity index (χ1) is 13.1. The van der Waals surface area contributed by atoms with E-state index in [9.17, 15) is 9.50 Å². The molecule has 0 aliphatic rings. The third-order valence-corrected chi connectivity index (χ3v) is 4.98. The van der Waals surface area contributed by atoms with E-state index in [0.717, 1.165) is 10.9 Å². The van der Waals surface area contributed by atoms with Crippen molar-refractivity contribution in [3.05, 3.63) is 101 Å². The van der Waals surface area contributed by atoms with Gasteiger partial charge in [-0.25, -0.2) is 4.39 Å². The second kappa shape index (κ2) is 7.33. The number of phenols is 1. The smallest absolute Gasteiger partial charge is 0.145 e. The first-order valence-corrected chi connectivity index (χ1v) is 8.93. The number of phenolic OH excluding ortho intramolecular Hbond substituents is 1. The number of fused-ring (bicyclic) bond motifs is 1. The molecule has 4 rings (SSSR count). The van der Waals surface area contributed by atoms with Gasteiger partial charge in [-0.2, -0.15) is 0 Å². The molecule has 3 nitrogen and oxygen atoms in total. The Morgan fingerprint density at radius 3 is 2.56 bits per heavy atom. The van der Waals surface area contributed by atoms with Gasteiger partial charge < -0.3 is 5.11 Å². The SMILES string of the molecule is Oc1c(C(Cc2ccc(F)cn2)c2ccccc2Cl)ccc2cccnc12. The Morgan fingerprint density at radius 2 is 1.78 bits per heavy atom. The van der Waals surface area contributed by atoms with E-state index in [1.165, 1.54) is 12.3 Å². The molecule has 0 radical (unpaired) electrons. The van der Waals surface area contributed by atoms with Crippen molar-refractivity contribution >= 4 is 22.5 Å². The fourth-order valence-electron chi connectivity index (χ4n) is 3.31. The van der Waals surface area contributed by atoms with E-state index in [2.05, 4.69) is 9.97 Å². The topological polar surface area (TPSA) is 46.0 Å². The average Bonchev–Trinajstić information content (AvgIpc) is 2.69. The lowest BCUT2D eigenvalue weighted by atomic mass is 9.86. The molecular formula is C22H16ClFN2O. The predicted octanol–water partition coefficient (Wildman–Crippen LogP) is 5.50. The third-order valence-electron chi connectivity index (χ3n) is 4.64. The summed E-state index contributed by atoms with van der Waals surface area (Å²) >= 11 is 6.45. The van der Waals surface area contributed by atoms with Crippen LogP contribution in [-0.4, -0.2) is 15.1 Å². The van der Waals surface area contributed by atoms with Gasteiger partial charge in [0.1, 0.15) is 17.1 Å². The maximum atomic E-state index is 13.2. The number of hydrogen-bond acceptors (Lipinski definition) is 3. The largest absolute Gasteiger partial charge is 0.505 e. The number of aromatic nitrogens is 2. The first kappa shape index (κ1) is 17.4. The maximum Gasteiger partial charge on any atom is 0.145 e. The Balaban J connectivity index is 1.86. The molecule has 0 amide bonds. The molecule has 0 spiro atoms. The fourth-order valence-corrected chi connectivity index (χ4v) is 3.58. The van der Waals surface area contributed by atoms with Gasteiger partial charge in [0.15, 0.2) is 0 Å². The van der Waals surface area contributed by atoms with E-state index < -0.39 is 0 Å². The van der Waals surface area contributed by atoms with Gasteiger partial charge in [-0.05, 0) is 29.8 Å². The van der Waals surface area contributed by atoms with Crippen LogP contribution in [0.15, 0.2) is 73.1 Å². The highest BCUT2D eigenvalue weighted by Gasteiger charge is 2.22. The summed E-state index contributed by atoms with van der Waals surface area (Å²) in [4.78, 5) is 8.49. The summed E-state index contributed by atoms with van der Waals surface area (Å²) in [5.41, 5.74) is 2.83. The molecule has 2 aromatic carbocycles. The number of rotatable bonds is 4. The van der Waals surface area contributed by atoms with Crippen molar-refractivity contribution in [1.29, 1.82) is 0 Å². The van der Waals surface area contributed by atoms with Crippen LogP contribution in [0.4, 0.5) is 4.39 Å². The van der Waals surface area contributed by atoms with E-state index in [1.54, 1.807) is 12.3 Å². The molecule has 0 saturated carbocycles. The number of benzene rings is 2. The highest BCUT2D eigenvalue weighted by molar-refractivity contribution is 6.31. The number of pyridine rings is 2. The maximum absolute atomic E-state index is 13.2. The summed E-state index contributed by atoms with van der Waals surface area (Å²) in [6, 6.07) is 18.1. The molecule has 27 heavy (non-hydrogen) atoms. The Bertz CT molecular complexity index is 1100. The van der Waals surface area contributed by atoms with Crippen molar-refractivity contribution in [3.63, 3.8) is 0 Å². The molecule has 0 aliphatic carbocycles. The van der Waals surface area contributed by atoms with E-state index in [0.29, 0.717) is 28.2 Å². The lowest BCUT2D eigenvalue weighted by molar-refractivity contribution is 0.469. The van der Waals surface area contributed by atoms with Gasteiger partial charge in [-0.1, -0.05) is 48.0 Å². The van der Waals surface area contributed by atoms with Gasteiger partial charge in [0, 0.05) is 40.2 Å². The first-order valence-electron chi connectivity index (χ1n) is 8.55. The van der Waals surface area contributed by atoms with Crippen molar-refractivity contribution in [1.82, 2.24) is 9.97 Å². The van der Waals surface area contributed by atoms with Crippen LogP contribution in [0.5, 0.6) is 5.75 Å². The molecule has 1 unspecified atom stereocenters. The van der Waals surface area contributed by atoms with Crippen molar-refractivity contribution in [2.75, 3.05) is 0 Å². The summed E-state index contributed by atoms with van der Waals surface area (Å²) in [5.74, 6) is -0.506. The van der Waals surface area contributed by atoms with Crippen molar-refractivity contribution in [2.24, 2.45) is 0 Å². The van der Waals surface area contributed by atoms with Gasteiger partial charge in [0.25, 0.3) is 0 Å². The van der Waals surface area contributed by atoms with E-state index in [1.807, 2.05) is 48.5 Å². The molecule has 134 valence electrons. The third kappa shape index (κ3) is 3.49. The van der Waals surface area contributed by atoms with Gasteiger partial charge in [0.2, 0.25) is 0 Å². The van der Waals surface area contributed by atoms with Crippen LogP contribution in [0.2, 0.25) is 5.02 Å². The summed E-state index contributed by atoms with van der Waals surface area (Å²) in [6.45, 7) is 0. The van der Waals surface area contributed by atoms with E-state index >= 15 is 0 Å². The number of halogens is 2. The standard InChI is InChI=1S/C22H16ClFN2O/c23-20-6-2-1-5-17(20)19(12-16-9-8-15(24)13-26-16)18-10-7-14-4-3-11-25-21(14)22(18)27/h1-11,13,19,27H,12H2. The monoisotopic (exact) mass is 378 g/mol. The zero-order chi connectivity index (χ0) is 18.8. The Hall–Kier alpha value is -2.98. The summed E-state index contributed by atoms with van der Waals surface area (Å²) < 4.78 is 13.2. The molecule has 4 aromatic rings. The molecule has 0 saturated heterocycles. The Labute approximate surface area is 161 Å². The summed E-state index contributed by atoms with van der Waals surface area (Å²) in [7, 11) is 0. The molecule has 5 heteroatoms. The highest BCUT2D eigenvalue weighted by atomic mass is 35.5. The molecular weight excluding hydrogens is 363 g/mol. The molecule has 1 N–H and O–H groups in total. The van der Waals surface area contributed by atoms with Gasteiger partial charge in [0.05, 0.1) is 6.20 Å². The van der Waals surface area contributed by atoms with Crippen molar-refractivity contribution in [3.8, 4) is 5.75 Å². The van der Waals surface area contributed by atoms with Crippen molar-refractivity contribution in [2.45, 2.75) is 12.3 Å². The number of nitrogens with zero attached hydrogens (tertiary/aromatic N) is 2. The molecule has 2 aromatic heterocycles. The molecule has 0 aliphatic heterocycles. The summed E-state index contributed by atoms with van der Waals surface area (Å²) in [6.07, 6.45) is 3.31. The van der Waals surface area contributed by atoms with Crippen LogP contribution in [0.25, 0.3) is 10.9 Å². The fraction of sp³-hybridized carbons (Fsp3) is 0.0909. The zero-order valence-electron chi connectivity index (χ0n) is 14.3. The van der Waals surface area contributed by atoms with Gasteiger partial charge >= 0.3 is 0 Å². The van der Waals surface area contributed by atoms with E-state index in [-0.39, 0.29) is 17.5 Å². The van der Waals surface area contributed by atoms with Crippen molar-refractivity contribution < 1.29 is 9.50 Å². The second-order valence-electron chi connectivity index (χ2n) is 6.32. The van der Waals surface area contributed by atoms with Crippen LogP contribution in [0.3, 0.4) is 0 Å². The quantitative estimate of drug-likeness (QED) is 0.509. The Morgan fingerprint density at radius 1 is 0.926 bits per heavy atom. The molecule has 0 fully saturated rings. The van der Waals surface area contributed by atoms with E-state index in [4.69, 9.17) is 11.6 Å². The Kier molecular flexibility index (Phi) is 4.73. The minimum Gasteiger partial charge on any atom is -0.505 e. The number of aromatic hydroxyl groups is 1. The van der Waals surface area contributed by atoms with Crippen LogP contribution in [0.1, 0.15) is 22.7 Å². The number of hydrogen-bond donors (Lipinski definition) is 1. The average molecular weight is 379 g/mol. The lowest BCUT2D eigenvalue weighted by Crippen LogP contribution is -2.08. The minimum absolute atomic E-state index is 0.125. The van der Waals surface area contributed by atoms with Crippen LogP contribution < -0.4 is 0 Å². The van der Waals surface area contributed by atoms with Gasteiger partial charge in [-0.15, -0.1) is 0 Å². The zero-order valence-corrected chi connectivity index (χ0v) is 15.1. The molecule has 0 bridgehead atoms. The second-order valence-corrected chi connectivity index (χ2v) is 6.73. The summed E-state index contributed by atoms with van der Waals surface area (Å²) in [5, 5.41) is 12.4. The minimum atomic E-state index is -0.384. The molecule has 1 atom stereocenters.